The van der Waals surface area contributed by atoms with Gasteiger partial charge in [-0.25, -0.2) is 4.98 Å². The normalized spacial score (nSPS) is 16.0. The van der Waals surface area contributed by atoms with E-state index in [1.54, 1.807) is 12.3 Å². The summed E-state index contributed by atoms with van der Waals surface area (Å²) in [6, 6.07) is 7.76. The molecule has 1 aliphatic heterocycles. The highest BCUT2D eigenvalue weighted by Crippen LogP contribution is 2.29. The standard InChI is InChI=1S/C21H24F3N5O2/c1-14(20(30)27-17-8-6-16(7-9-17)21(22,23)24)31-28-19(25)15-5-10-18(26-13-15)29-11-3-2-4-12-29/h5-10,13-14H,2-4,11-12H2,1H3,(H2,25,28)(H,27,30). The molecule has 1 atom stereocenters. The highest BCUT2D eigenvalue weighted by atomic mass is 19.4. The number of nitrogens with one attached hydrogen (secondary N) is 1. The van der Waals surface area contributed by atoms with Crippen LogP contribution in [0.5, 0.6) is 0 Å². The summed E-state index contributed by atoms with van der Waals surface area (Å²) < 4.78 is 37.8. The molecule has 7 nitrogen and oxygen atoms in total. The summed E-state index contributed by atoms with van der Waals surface area (Å²) in [6.45, 7) is 3.41. The molecule has 1 amide bonds. The highest BCUT2D eigenvalue weighted by Gasteiger charge is 2.30. The van der Waals surface area contributed by atoms with Gasteiger partial charge in [-0.2, -0.15) is 13.2 Å². The number of carbonyl (C=O) groups is 1. The molecule has 0 bridgehead atoms. The number of aromatic nitrogens is 1. The van der Waals surface area contributed by atoms with Crippen molar-refractivity contribution in [2.45, 2.75) is 38.5 Å². The summed E-state index contributed by atoms with van der Waals surface area (Å²) in [5.74, 6) is 0.364. The minimum absolute atomic E-state index is 0.0619. The molecular formula is C21H24F3N5O2. The van der Waals surface area contributed by atoms with Crippen LogP contribution in [0.2, 0.25) is 0 Å². The Morgan fingerprint density at radius 2 is 1.84 bits per heavy atom. The van der Waals surface area contributed by atoms with E-state index in [1.165, 1.54) is 25.5 Å². The van der Waals surface area contributed by atoms with Gasteiger partial charge in [0.2, 0.25) is 6.10 Å². The second kappa shape index (κ2) is 9.67. The van der Waals surface area contributed by atoms with Gasteiger partial charge in [-0.05, 0) is 62.6 Å². The lowest BCUT2D eigenvalue weighted by Gasteiger charge is -2.27. The highest BCUT2D eigenvalue weighted by molar-refractivity contribution is 5.97. The summed E-state index contributed by atoms with van der Waals surface area (Å²) in [4.78, 5) is 24.0. The first-order valence-corrected chi connectivity index (χ1v) is 9.93. The molecule has 1 unspecified atom stereocenters. The zero-order valence-corrected chi connectivity index (χ0v) is 17.0. The van der Waals surface area contributed by atoms with Gasteiger partial charge < -0.3 is 20.8 Å². The van der Waals surface area contributed by atoms with Crippen LogP contribution < -0.4 is 16.0 Å². The van der Waals surface area contributed by atoms with E-state index < -0.39 is 23.8 Å². The minimum atomic E-state index is -4.44. The van der Waals surface area contributed by atoms with Gasteiger partial charge in [0.15, 0.2) is 5.84 Å². The van der Waals surface area contributed by atoms with Crippen LogP contribution in [0.1, 0.15) is 37.3 Å². The van der Waals surface area contributed by atoms with Crippen molar-refractivity contribution in [1.29, 1.82) is 0 Å². The van der Waals surface area contributed by atoms with Gasteiger partial charge in [-0.1, -0.05) is 5.16 Å². The van der Waals surface area contributed by atoms with Gasteiger partial charge in [0, 0.05) is 30.5 Å². The van der Waals surface area contributed by atoms with E-state index in [9.17, 15) is 18.0 Å². The van der Waals surface area contributed by atoms with Crippen LogP contribution in [0.4, 0.5) is 24.7 Å². The van der Waals surface area contributed by atoms with E-state index in [0.717, 1.165) is 43.9 Å². The minimum Gasteiger partial charge on any atom is -0.381 e. The summed E-state index contributed by atoms with van der Waals surface area (Å²) in [6.07, 6.45) is -0.330. The fraction of sp³-hybridized carbons (Fsp3) is 0.381. The van der Waals surface area contributed by atoms with Crippen molar-refractivity contribution in [3.63, 3.8) is 0 Å². The van der Waals surface area contributed by atoms with Crippen molar-refractivity contribution in [3.8, 4) is 0 Å². The fourth-order valence-corrected chi connectivity index (χ4v) is 3.07. The Kier molecular flexibility index (Phi) is 6.98. The largest absolute Gasteiger partial charge is 0.416 e. The summed E-state index contributed by atoms with van der Waals surface area (Å²) in [5.41, 5.74) is 5.88. The molecule has 10 heteroatoms. The van der Waals surface area contributed by atoms with Crippen LogP contribution in [0.15, 0.2) is 47.8 Å². The van der Waals surface area contributed by atoms with Crippen molar-refractivity contribution >= 4 is 23.2 Å². The molecule has 3 N–H and O–H groups in total. The van der Waals surface area contributed by atoms with Crippen molar-refractivity contribution in [1.82, 2.24) is 4.98 Å². The first-order chi connectivity index (χ1) is 14.7. The molecule has 1 saturated heterocycles. The fourth-order valence-electron chi connectivity index (χ4n) is 3.07. The number of halogens is 3. The quantitative estimate of drug-likeness (QED) is 0.410. The lowest BCUT2D eigenvalue weighted by atomic mass is 10.1. The predicted molar refractivity (Wildman–Crippen MR) is 112 cm³/mol. The number of carbonyl (C=O) groups excluding carboxylic acids is 1. The number of anilines is 2. The lowest BCUT2D eigenvalue weighted by Crippen LogP contribution is -2.30. The summed E-state index contributed by atoms with van der Waals surface area (Å²) in [5, 5.41) is 6.25. The smallest absolute Gasteiger partial charge is 0.381 e. The number of nitrogens with zero attached hydrogens (tertiary/aromatic N) is 3. The maximum absolute atomic E-state index is 12.6. The zero-order valence-electron chi connectivity index (χ0n) is 17.0. The van der Waals surface area contributed by atoms with Crippen LogP contribution in [0.3, 0.4) is 0 Å². The van der Waals surface area contributed by atoms with E-state index in [4.69, 9.17) is 10.6 Å². The number of piperidine rings is 1. The Labute approximate surface area is 178 Å². The van der Waals surface area contributed by atoms with E-state index >= 15 is 0 Å². The summed E-state index contributed by atoms with van der Waals surface area (Å²) in [7, 11) is 0. The molecule has 0 spiro atoms. The molecule has 1 aromatic carbocycles. The van der Waals surface area contributed by atoms with E-state index in [1.807, 2.05) is 6.07 Å². The molecule has 166 valence electrons. The van der Waals surface area contributed by atoms with Crippen LogP contribution in [0.25, 0.3) is 0 Å². The molecule has 1 aliphatic rings. The molecule has 0 aliphatic carbocycles. The Bertz CT molecular complexity index is 908. The third-order valence-corrected chi connectivity index (χ3v) is 4.88. The number of benzene rings is 1. The van der Waals surface area contributed by atoms with Crippen LogP contribution in [0, 0.1) is 0 Å². The van der Waals surface area contributed by atoms with Crippen molar-refractivity contribution < 1.29 is 22.8 Å². The zero-order chi connectivity index (χ0) is 22.4. The lowest BCUT2D eigenvalue weighted by molar-refractivity contribution is -0.137. The molecule has 2 aromatic rings. The van der Waals surface area contributed by atoms with E-state index in [2.05, 4.69) is 20.4 Å². The molecule has 0 saturated carbocycles. The monoisotopic (exact) mass is 435 g/mol. The number of oxime groups is 1. The van der Waals surface area contributed by atoms with Crippen LogP contribution in [-0.2, 0) is 15.8 Å². The number of alkyl halides is 3. The topological polar surface area (TPSA) is 92.8 Å². The summed E-state index contributed by atoms with van der Waals surface area (Å²) >= 11 is 0. The third kappa shape index (κ3) is 6.09. The Morgan fingerprint density at radius 1 is 1.16 bits per heavy atom. The number of hydrogen-bond donors (Lipinski definition) is 2. The Morgan fingerprint density at radius 3 is 2.42 bits per heavy atom. The third-order valence-electron chi connectivity index (χ3n) is 4.88. The number of rotatable bonds is 6. The van der Waals surface area contributed by atoms with Gasteiger partial charge in [-0.3, -0.25) is 4.79 Å². The number of pyridine rings is 1. The Hall–Kier alpha value is -3.30. The van der Waals surface area contributed by atoms with Gasteiger partial charge in [0.05, 0.1) is 5.56 Å². The van der Waals surface area contributed by atoms with Gasteiger partial charge in [0.1, 0.15) is 5.82 Å². The molecule has 31 heavy (non-hydrogen) atoms. The average molecular weight is 435 g/mol. The number of amides is 1. The number of hydrogen-bond acceptors (Lipinski definition) is 5. The van der Waals surface area contributed by atoms with Crippen molar-refractivity contribution in [2.75, 3.05) is 23.3 Å². The molecular weight excluding hydrogens is 411 g/mol. The van der Waals surface area contributed by atoms with Gasteiger partial charge in [-0.15, -0.1) is 0 Å². The Balaban J connectivity index is 1.54. The number of nitrogens with two attached hydrogens (primary N) is 1. The van der Waals surface area contributed by atoms with Crippen molar-refractivity contribution in [2.24, 2.45) is 10.9 Å². The molecule has 0 radical (unpaired) electrons. The van der Waals surface area contributed by atoms with Crippen molar-refractivity contribution in [3.05, 3.63) is 53.7 Å². The van der Waals surface area contributed by atoms with Crippen LogP contribution in [-0.4, -0.2) is 35.9 Å². The van der Waals surface area contributed by atoms with Crippen LogP contribution >= 0.6 is 0 Å². The maximum atomic E-state index is 12.6. The molecule has 1 aromatic heterocycles. The SMILES string of the molecule is CC(O/N=C(/N)c1ccc(N2CCCCC2)nc1)C(=O)Nc1ccc(C(F)(F)F)cc1. The first-order valence-electron chi connectivity index (χ1n) is 9.93. The van der Waals surface area contributed by atoms with E-state index in [0.29, 0.717) is 5.56 Å². The molecule has 2 heterocycles. The predicted octanol–water partition coefficient (Wildman–Crippen LogP) is 3.75. The molecule has 1 fully saturated rings. The molecule has 3 rings (SSSR count). The van der Waals surface area contributed by atoms with E-state index in [-0.39, 0.29) is 11.5 Å². The van der Waals surface area contributed by atoms with Gasteiger partial charge >= 0.3 is 6.18 Å². The second-order valence-corrected chi connectivity index (χ2v) is 7.24. The maximum Gasteiger partial charge on any atom is 0.416 e. The van der Waals surface area contributed by atoms with Gasteiger partial charge in [0.25, 0.3) is 5.91 Å². The number of amidine groups is 1. The first kappa shape index (κ1) is 22.4. The average Bonchev–Trinajstić information content (AvgIpc) is 2.77. The second-order valence-electron chi connectivity index (χ2n) is 7.24.